The maximum Gasteiger partial charge on any atom is 0.216 e. The fraction of sp³-hybridized carbons (Fsp3) is 0.265. The number of amides is 1. The topological polar surface area (TPSA) is 59.6 Å². The van der Waals surface area contributed by atoms with E-state index in [1.165, 1.54) is 34.7 Å². The molecule has 1 amide bonds. The van der Waals surface area contributed by atoms with Gasteiger partial charge < -0.3 is 20.1 Å². The summed E-state index contributed by atoms with van der Waals surface area (Å²) >= 11 is 0. The highest BCUT2D eigenvalue weighted by molar-refractivity contribution is 5.72. The average Bonchev–Trinajstić information content (AvgIpc) is 2.91. The highest BCUT2D eigenvalue weighted by atomic mass is 16.5. The zero-order valence-corrected chi connectivity index (χ0v) is 23.3. The Bertz CT molecular complexity index is 1380. The quantitative estimate of drug-likeness (QED) is 0.204. The van der Waals surface area contributed by atoms with Crippen molar-refractivity contribution >= 4 is 5.91 Å². The third-order valence-corrected chi connectivity index (χ3v) is 6.63. The third-order valence-electron chi connectivity index (χ3n) is 6.63. The minimum absolute atomic E-state index is 0.0275. The molecule has 0 radical (unpaired) electrons. The van der Waals surface area contributed by atoms with Crippen LogP contribution in [0.5, 0.6) is 11.5 Å². The first-order chi connectivity index (χ1) is 18.9. The zero-order valence-electron chi connectivity index (χ0n) is 23.3. The van der Waals surface area contributed by atoms with Gasteiger partial charge in [-0.1, -0.05) is 83.9 Å². The van der Waals surface area contributed by atoms with E-state index in [1.807, 2.05) is 24.3 Å². The molecule has 0 saturated heterocycles. The Balaban J connectivity index is 1.48. The zero-order chi connectivity index (χ0) is 27.6. The second-order valence-corrected chi connectivity index (χ2v) is 9.96. The smallest absolute Gasteiger partial charge is 0.216 e. The van der Waals surface area contributed by atoms with Crippen molar-refractivity contribution in [2.24, 2.45) is 0 Å². The summed E-state index contributed by atoms with van der Waals surface area (Å²) in [5.41, 5.74) is 9.41. The van der Waals surface area contributed by atoms with Gasteiger partial charge in [-0.05, 0) is 54.7 Å². The molecule has 0 aliphatic heterocycles. The van der Waals surface area contributed by atoms with Crippen LogP contribution in [0.2, 0.25) is 0 Å². The Kier molecular flexibility index (Phi) is 9.76. The van der Waals surface area contributed by atoms with E-state index in [9.17, 15) is 4.79 Å². The number of rotatable bonds is 12. The molecule has 0 unspecified atom stereocenters. The van der Waals surface area contributed by atoms with Gasteiger partial charge in [-0.25, -0.2) is 0 Å². The fourth-order valence-electron chi connectivity index (χ4n) is 4.70. The molecule has 4 aromatic rings. The number of ether oxygens (including phenoxy) is 2. The van der Waals surface area contributed by atoms with E-state index in [2.05, 4.69) is 92.1 Å². The van der Waals surface area contributed by atoms with Gasteiger partial charge in [0, 0.05) is 38.2 Å². The SMILES string of the molecule is CC(=O)NCCNCc1ccc(OCc2cccc(-c3ccccc3)c2C)cc1OCc1cc(C)cc(C)c1. The summed E-state index contributed by atoms with van der Waals surface area (Å²) in [5, 5.41) is 6.20. The summed E-state index contributed by atoms with van der Waals surface area (Å²) in [6.07, 6.45) is 0. The minimum Gasteiger partial charge on any atom is -0.489 e. The van der Waals surface area contributed by atoms with Crippen LogP contribution < -0.4 is 20.1 Å². The van der Waals surface area contributed by atoms with Crippen molar-refractivity contribution in [3.05, 3.63) is 118 Å². The van der Waals surface area contributed by atoms with E-state index in [4.69, 9.17) is 9.47 Å². The lowest BCUT2D eigenvalue weighted by Crippen LogP contribution is -2.30. The summed E-state index contributed by atoms with van der Waals surface area (Å²) in [6, 6.07) is 29.3. The number of hydrogen-bond acceptors (Lipinski definition) is 4. The monoisotopic (exact) mass is 522 g/mol. The molecule has 4 rings (SSSR count). The third kappa shape index (κ3) is 8.20. The summed E-state index contributed by atoms with van der Waals surface area (Å²) in [7, 11) is 0. The Hall–Kier alpha value is -4.09. The second-order valence-electron chi connectivity index (χ2n) is 9.96. The van der Waals surface area contributed by atoms with Crippen LogP contribution in [0.25, 0.3) is 11.1 Å². The summed E-state index contributed by atoms with van der Waals surface area (Å²) in [4.78, 5) is 11.1. The van der Waals surface area contributed by atoms with Crippen molar-refractivity contribution in [1.29, 1.82) is 0 Å². The molecule has 0 heterocycles. The van der Waals surface area contributed by atoms with Crippen LogP contribution >= 0.6 is 0 Å². The molecule has 0 bridgehead atoms. The van der Waals surface area contributed by atoms with Crippen molar-refractivity contribution in [3.8, 4) is 22.6 Å². The molecule has 0 aromatic heterocycles. The minimum atomic E-state index is -0.0275. The molecule has 0 fully saturated rings. The number of nitrogens with one attached hydrogen (secondary N) is 2. The Labute approximate surface area is 232 Å². The van der Waals surface area contributed by atoms with Gasteiger partial charge in [0.2, 0.25) is 5.91 Å². The number of benzene rings is 4. The summed E-state index contributed by atoms with van der Waals surface area (Å²) in [6.45, 7) is 10.7. The van der Waals surface area contributed by atoms with Crippen molar-refractivity contribution < 1.29 is 14.3 Å². The first kappa shape index (κ1) is 27.9. The van der Waals surface area contributed by atoms with Crippen molar-refractivity contribution in [2.45, 2.75) is 47.5 Å². The molecule has 5 nitrogen and oxygen atoms in total. The van der Waals surface area contributed by atoms with Gasteiger partial charge in [-0.2, -0.15) is 0 Å². The number of hydrogen-bond donors (Lipinski definition) is 2. The predicted octanol–water partition coefficient (Wildman–Crippen LogP) is 6.66. The maximum absolute atomic E-state index is 11.1. The number of carbonyl (C=O) groups is 1. The van der Waals surface area contributed by atoms with Crippen LogP contribution in [0.3, 0.4) is 0 Å². The van der Waals surface area contributed by atoms with Crippen molar-refractivity contribution in [2.75, 3.05) is 13.1 Å². The predicted molar refractivity (Wildman–Crippen MR) is 158 cm³/mol. The largest absolute Gasteiger partial charge is 0.489 e. The lowest BCUT2D eigenvalue weighted by Gasteiger charge is -2.16. The van der Waals surface area contributed by atoms with Crippen molar-refractivity contribution in [3.63, 3.8) is 0 Å². The van der Waals surface area contributed by atoms with Gasteiger partial charge in [0.05, 0.1) is 0 Å². The molecule has 5 heteroatoms. The van der Waals surface area contributed by atoms with Crippen molar-refractivity contribution in [1.82, 2.24) is 10.6 Å². The van der Waals surface area contributed by atoms with Gasteiger partial charge in [-0.3, -0.25) is 4.79 Å². The van der Waals surface area contributed by atoms with Gasteiger partial charge >= 0.3 is 0 Å². The van der Waals surface area contributed by atoms with Gasteiger partial charge in [0.15, 0.2) is 0 Å². The van der Waals surface area contributed by atoms with Crippen LogP contribution in [0.1, 0.15) is 40.3 Å². The molecule has 39 heavy (non-hydrogen) atoms. The van der Waals surface area contributed by atoms with Gasteiger partial charge in [0.25, 0.3) is 0 Å². The molecule has 4 aromatic carbocycles. The molecule has 202 valence electrons. The molecule has 0 saturated carbocycles. The van der Waals surface area contributed by atoms with E-state index < -0.39 is 0 Å². The fourth-order valence-corrected chi connectivity index (χ4v) is 4.70. The Morgan fingerprint density at radius 3 is 2.26 bits per heavy atom. The van der Waals surface area contributed by atoms with Crippen LogP contribution in [0, 0.1) is 20.8 Å². The van der Waals surface area contributed by atoms with Crippen LogP contribution in [0.15, 0.2) is 84.9 Å². The second kappa shape index (κ2) is 13.6. The standard InChI is InChI=1S/C34H38N2O3/c1-24-17-25(2)19-28(18-24)22-39-34-20-32(14-13-30(34)21-35-15-16-36-27(4)37)38-23-31-11-8-12-33(26(31)3)29-9-6-5-7-10-29/h5-14,17-20,35H,15-16,21-23H2,1-4H3,(H,36,37). The van der Waals surface area contributed by atoms with Gasteiger partial charge in [0.1, 0.15) is 24.7 Å². The van der Waals surface area contributed by atoms with Crippen LogP contribution in [-0.2, 0) is 24.6 Å². The molecule has 0 spiro atoms. The van der Waals surface area contributed by atoms with E-state index in [-0.39, 0.29) is 5.91 Å². The number of carbonyl (C=O) groups excluding carboxylic acids is 1. The molecule has 2 N–H and O–H groups in total. The van der Waals surface area contributed by atoms with E-state index in [0.29, 0.717) is 32.8 Å². The highest BCUT2D eigenvalue weighted by Crippen LogP contribution is 2.29. The first-order valence-electron chi connectivity index (χ1n) is 13.4. The summed E-state index contributed by atoms with van der Waals surface area (Å²) in [5.74, 6) is 1.52. The Morgan fingerprint density at radius 1 is 0.744 bits per heavy atom. The highest BCUT2D eigenvalue weighted by Gasteiger charge is 2.10. The lowest BCUT2D eigenvalue weighted by atomic mass is 9.97. The van der Waals surface area contributed by atoms with Crippen LogP contribution in [-0.4, -0.2) is 19.0 Å². The molecule has 0 aliphatic carbocycles. The average molecular weight is 523 g/mol. The maximum atomic E-state index is 11.1. The van der Waals surface area contributed by atoms with E-state index in [0.717, 1.165) is 28.2 Å². The normalized spacial score (nSPS) is 10.8. The summed E-state index contributed by atoms with van der Waals surface area (Å²) < 4.78 is 12.6. The first-order valence-corrected chi connectivity index (χ1v) is 13.4. The molecule has 0 aliphatic rings. The molecular weight excluding hydrogens is 484 g/mol. The van der Waals surface area contributed by atoms with E-state index in [1.54, 1.807) is 0 Å². The lowest BCUT2D eigenvalue weighted by molar-refractivity contribution is -0.118. The van der Waals surface area contributed by atoms with Gasteiger partial charge in [-0.15, -0.1) is 0 Å². The molecular formula is C34H38N2O3. The van der Waals surface area contributed by atoms with Crippen LogP contribution in [0.4, 0.5) is 0 Å². The molecule has 0 atom stereocenters. The van der Waals surface area contributed by atoms with E-state index >= 15 is 0 Å². The Morgan fingerprint density at radius 2 is 1.51 bits per heavy atom. The number of aryl methyl sites for hydroxylation is 2.